The molecule has 0 heterocycles. The number of nitrogens with two attached hydrogens (primary N) is 1. The van der Waals surface area contributed by atoms with Gasteiger partial charge in [-0.2, -0.15) is 0 Å². The van der Waals surface area contributed by atoms with Crippen molar-refractivity contribution in [2.24, 2.45) is 29.6 Å². The molecule has 0 spiro atoms. The van der Waals surface area contributed by atoms with Crippen molar-refractivity contribution < 1.29 is 0 Å². The van der Waals surface area contributed by atoms with Gasteiger partial charge in [-0.05, 0) is 80.2 Å². The Balaban J connectivity index is 1.46. The van der Waals surface area contributed by atoms with Gasteiger partial charge in [-0.15, -0.1) is 0 Å². The molecule has 0 unspecified atom stereocenters. The molecule has 5 rings (SSSR count). The molecule has 0 aromatic heterocycles. The highest BCUT2D eigenvalue weighted by atomic mass is 14.9. The van der Waals surface area contributed by atoms with Crippen molar-refractivity contribution in [3.63, 3.8) is 0 Å². The Morgan fingerprint density at radius 2 is 1.70 bits per heavy atom. The average molecular weight is 270 g/mol. The Kier molecular flexibility index (Phi) is 2.94. The SMILES string of the molecule is Cc1cccc(NCC2C3CC4CC(C3)CC2C4)c1N. The van der Waals surface area contributed by atoms with Crippen LogP contribution in [0.4, 0.5) is 11.4 Å². The van der Waals surface area contributed by atoms with Crippen molar-refractivity contribution in [2.75, 3.05) is 17.6 Å². The van der Waals surface area contributed by atoms with Crippen molar-refractivity contribution in [1.82, 2.24) is 0 Å². The van der Waals surface area contributed by atoms with Gasteiger partial charge in [0.1, 0.15) is 0 Å². The summed E-state index contributed by atoms with van der Waals surface area (Å²) in [7, 11) is 0. The summed E-state index contributed by atoms with van der Waals surface area (Å²) in [4.78, 5) is 0. The van der Waals surface area contributed by atoms with Gasteiger partial charge < -0.3 is 11.1 Å². The van der Waals surface area contributed by atoms with Crippen molar-refractivity contribution >= 4 is 11.4 Å². The molecule has 2 nitrogen and oxygen atoms in total. The smallest absolute Gasteiger partial charge is 0.0579 e. The van der Waals surface area contributed by atoms with Crippen molar-refractivity contribution in [3.05, 3.63) is 23.8 Å². The molecule has 4 aliphatic rings. The van der Waals surface area contributed by atoms with Crippen LogP contribution in [-0.2, 0) is 0 Å². The first kappa shape index (κ1) is 12.6. The number of para-hydroxylation sites is 1. The van der Waals surface area contributed by atoms with Gasteiger partial charge in [0, 0.05) is 6.54 Å². The molecular weight excluding hydrogens is 244 g/mol. The number of anilines is 2. The zero-order valence-corrected chi connectivity index (χ0v) is 12.4. The van der Waals surface area contributed by atoms with Gasteiger partial charge in [-0.3, -0.25) is 0 Å². The lowest BCUT2D eigenvalue weighted by Crippen LogP contribution is -2.47. The van der Waals surface area contributed by atoms with E-state index in [-0.39, 0.29) is 0 Å². The van der Waals surface area contributed by atoms with E-state index in [0.717, 1.165) is 47.5 Å². The maximum absolute atomic E-state index is 6.18. The Morgan fingerprint density at radius 3 is 2.35 bits per heavy atom. The normalized spacial score (nSPS) is 38.1. The Hall–Kier alpha value is -1.18. The lowest BCUT2D eigenvalue weighted by Gasteiger charge is -2.54. The minimum atomic E-state index is 0.891. The fourth-order valence-corrected chi connectivity index (χ4v) is 5.43. The summed E-state index contributed by atoms with van der Waals surface area (Å²) in [6, 6.07) is 6.31. The van der Waals surface area contributed by atoms with Crippen LogP contribution in [0.15, 0.2) is 18.2 Å². The summed E-state index contributed by atoms with van der Waals surface area (Å²) in [5, 5.41) is 3.66. The van der Waals surface area contributed by atoms with E-state index < -0.39 is 0 Å². The minimum absolute atomic E-state index is 0.891. The van der Waals surface area contributed by atoms with Crippen LogP contribution < -0.4 is 11.1 Å². The number of rotatable bonds is 3. The maximum atomic E-state index is 6.18. The van der Waals surface area contributed by atoms with Crippen LogP contribution in [0, 0.1) is 36.5 Å². The van der Waals surface area contributed by atoms with Crippen molar-refractivity contribution in [2.45, 2.75) is 39.0 Å². The van der Waals surface area contributed by atoms with Gasteiger partial charge in [0.15, 0.2) is 0 Å². The van der Waals surface area contributed by atoms with Gasteiger partial charge in [0.05, 0.1) is 11.4 Å². The van der Waals surface area contributed by atoms with Crippen molar-refractivity contribution in [1.29, 1.82) is 0 Å². The van der Waals surface area contributed by atoms with Gasteiger partial charge in [0.2, 0.25) is 0 Å². The van der Waals surface area contributed by atoms with E-state index in [1.54, 1.807) is 0 Å². The third kappa shape index (κ3) is 2.01. The predicted molar refractivity (Wildman–Crippen MR) is 84.6 cm³/mol. The maximum Gasteiger partial charge on any atom is 0.0579 e. The molecule has 0 aliphatic heterocycles. The number of benzene rings is 1. The number of nitrogen functional groups attached to an aromatic ring is 1. The average Bonchev–Trinajstić information content (AvgIpc) is 2.41. The fraction of sp³-hybridized carbons (Fsp3) is 0.667. The first-order chi connectivity index (χ1) is 9.70. The molecule has 0 saturated heterocycles. The van der Waals surface area contributed by atoms with E-state index in [1.165, 1.54) is 37.7 Å². The Morgan fingerprint density at radius 1 is 1.05 bits per heavy atom. The largest absolute Gasteiger partial charge is 0.397 e. The molecule has 2 heteroatoms. The van der Waals surface area contributed by atoms with Crippen LogP contribution in [0.2, 0.25) is 0 Å². The molecule has 20 heavy (non-hydrogen) atoms. The molecule has 4 bridgehead atoms. The molecule has 0 radical (unpaired) electrons. The standard InChI is InChI=1S/C18H26N2/c1-11-3-2-4-17(18(11)19)20-10-16-14-6-12-5-13(8-14)9-15(16)7-12/h2-4,12-16,20H,5-10,19H2,1H3. The van der Waals surface area contributed by atoms with Crippen molar-refractivity contribution in [3.8, 4) is 0 Å². The molecule has 3 N–H and O–H groups in total. The summed E-state index contributed by atoms with van der Waals surface area (Å²) < 4.78 is 0. The third-order valence-corrected chi connectivity index (χ3v) is 6.27. The third-order valence-electron chi connectivity index (χ3n) is 6.27. The van der Waals surface area contributed by atoms with E-state index >= 15 is 0 Å². The fourth-order valence-electron chi connectivity index (χ4n) is 5.43. The van der Waals surface area contributed by atoms with E-state index in [1.807, 2.05) is 0 Å². The Labute approximate surface area is 122 Å². The number of aryl methyl sites for hydroxylation is 1. The molecule has 4 aliphatic carbocycles. The molecule has 0 amide bonds. The predicted octanol–water partition coefficient (Wildman–Crippen LogP) is 4.06. The molecular formula is C18H26N2. The quantitative estimate of drug-likeness (QED) is 0.813. The van der Waals surface area contributed by atoms with Crippen LogP contribution >= 0.6 is 0 Å². The summed E-state index contributed by atoms with van der Waals surface area (Å²) >= 11 is 0. The summed E-state index contributed by atoms with van der Waals surface area (Å²) in [5.41, 5.74) is 9.43. The van der Waals surface area contributed by atoms with Gasteiger partial charge in [-0.25, -0.2) is 0 Å². The van der Waals surface area contributed by atoms with E-state index in [9.17, 15) is 0 Å². The summed E-state index contributed by atoms with van der Waals surface area (Å²) in [6.45, 7) is 3.21. The summed E-state index contributed by atoms with van der Waals surface area (Å²) in [6.07, 6.45) is 7.55. The van der Waals surface area contributed by atoms with Crippen LogP contribution in [0.3, 0.4) is 0 Å². The second kappa shape index (κ2) is 4.68. The topological polar surface area (TPSA) is 38.0 Å². The first-order valence-electron chi connectivity index (χ1n) is 8.29. The van der Waals surface area contributed by atoms with E-state index in [4.69, 9.17) is 5.73 Å². The highest BCUT2D eigenvalue weighted by molar-refractivity contribution is 5.69. The zero-order chi connectivity index (χ0) is 13.7. The van der Waals surface area contributed by atoms with Crippen LogP contribution in [0.5, 0.6) is 0 Å². The monoisotopic (exact) mass is 270 g/mol. The van der Waals surface area contributed by atoms with Gasteiger partial charge in [-0.1, -0.05) is 12.1 Å². The van der Waals surface area contributed by atoms with Crippen LogP contribution in [0.1, 0.15) is 37.7 Å². The molecule has 4 saturated carbocycles. The second-order valence-electron chi connectivity index (χ2n) is 7.51. The highest BCUT2D eigenvalue weighted by Crippen LogP contribution is 2.56. The van der Waals surface area contributed by atoms with Gasteiger partial charge in [0.25, 0.3) is 0 Å². The summed E-state index contributed by atoms with van der Waals surface area (Å²) in [5.74, 6) is 5.01. The minimum Gasteiger partial charge on any atom is -0.397 e. The lowest BCUT2D eigenvalue weighted by molar-refractivity contribution is -0.0305. The van der Waals surface area contributed by atoms with Crippen LogP contribution in [-0.4, -0.2) is 6.54 Å². The van der Waals surface area contributed by atoms with Gasteiger partial charge >= 0.3 is 0 Å². The van der Waals surface area contributed by atoms with Crippen LogP contribution in [0.25, 0.3) is 0 Å². The molecule has 0 atom stereocenters. The molecule has 1 aromatic carbocycles. The lowest BCUT2D eigenvalue weighted by atomic mass is 9.52. The molecule has 4 fully saturated rings. The number of hydrogen-bond acceptors (Lipinski definition) is 2. The Bertz CT molecular complexity index is 480. The second-order valence-corrected chi connectivity index (χ2v) is 7.51. The first-order valence-corrected chi connectivity index (χ1v) is 8.29. The number of hydrogen-bond donors (Lipinski definition) is 2. The number of nitrogens with one attached hydrogen (secondary N) is 1. The molecule has 108 valence electrons. The molecule has 1 aromatic rings. The zero-order valence-electron chi connectivity index (χ0n) is 12.4. The van der Waals surface area contributed by atoms with E-state index in [2.05, 4.69) is 30.4 Å². The highest BCUT2D eigenvalue weighted by Gasteiger charge is 2.47. The van der Waals surface area contributed by atoms with E-state index in [0.29, 0.717) is 0 Å².